The van der Waals surface area contributed by atoms with Crippen molar-refractivity contribution in [1.82, 2.24) is 15.1 Å². The summed E-state index contributed by atoms with van der Waals surface area (Å²) in [6, 6.07) is 0.0104. The molecule has 1 aromatic rings. The van der Waals surface area contributed by atoms with Crippen LogP contribution in [0.3, 0.4) is 0 Å². The second-order valence-corrected chi connectivity index (χ2v) is 6.85. The van der Waals surface area contributed by atoms with E-state index >= 15 is 0 Å². The van der Waals surface area contributed by atoms with Gasteiger partial charge in [0.1, 0.15) is 5.15 Å². The third-order valence-electron chi connectivity index (χ3n) is 4.49. The van der Waals surface area contributed by atoms with Crippen LogP contribution in [-0.2, 0) is 7.05 Å². The maximum absolute atomic E-state index is 12.7. The van der Waals surface area contributed by atoms with Gasteiger partial charge in [-0.15, -0.1) is 0 Å². The predicted molar refractivity (Wildman–Crippen MR) is 87.2 cm³/mol. The molecule has 2 rings (SSSR count). The minimum Gasteiger partial charge on any atom is -0.396 e. The number of hydrogen-bond acceptors (Lipinski definition) is 3. The largest absolute Gasteiger partial charge is 0.396 e. The lowest BCUT2D eigenvalue weighted by Gasteiger charge is -2.24. The summed E-state index contributed by atoms with van der Waals surface area (Å²) in [5, 5.41) is 17.4. The number of aliphatic hydroxyl groups excluding tert-OH is 1. The van der Waals surface area contributed by atoms with Crippen LogP contribution < -0.4 is 5.32 Å². The monoisotopic (exact) mass is 327 g/mol. The first-order valence-electron chi connectivity index (χ1n) is 8.09. The van der Waals surface area contributed by atoms with Crippen LogP contribution in [0.2, 0.25) is 5.15 Å². The second-order valence-electron chi connectivity index (χ2n) is 6.49. The maximum atomic E-state index is 12.7. The Morgan fingerprint density at radius 3 is 2.73 bits per heavy atom. The second kappa shape index (κ2) is 7.47. The lowest BCUT2D eigenvalue weighted by molar-refractivity contribution is 0.0898. The fourth-order valence-electron chi connectivity index (χ4n) is 3.17. The molecule has 5 nitrogen and oxygen atoms in total. The first kappa shape index (κ1) is 17.3. The van der Waals surface area contributed by atoms with Gasteiger partial charge in [0.05, 0.1) is 11.3 Å². The molecule has 6 heteroatoms. The Morgan fingerprint density at radius 2 is 2.09 bits per heavy atom. The lowest BCUT2D eigenvalue weighted by atomic mass is 9.95. The van der Waals surface area contributed by atoms with Gasteiger partial charge < -0.3 is 10.4 Å². The highest BCUT2D eigenvalue weighted by molar-refractivity contribution is 6.33. The molecule has 1 amide bonds. The molecule has 22 heavy (non-hydrogen) atoms. The van der Waals surface area contributed by atoms with Crippen molar-refractivity contribution >= 4 is 17.5 Å². The molecular formula is C16H26ClN3O2. The number of aryl methyl sites for hydroxylation is 1. The molecule has 1 aromatic heterocycles. The van der Waals surface area contributed by atoms with Gasteiger partial charge in [-0.25, -0.2) is 0 Å². The molecule has 0 bridgehead atoms. The van der Waals surface area contributed by atoms with Gasteiger partial charge in [0, 0.05) is 25.6 Å². The van der Waals surface area contributed by atoms with Gasteiger partial charge in [-0.05, 0) is 18.8 Å². The Kier molecular flexibility index (Phi) is 5.87. The van der Waals surface area contributed by atoms with Gasteiger partial charge in [-0.2, -0.15) is 5.10 Å². The zero-order valence-electron chi connectivity index (χ0n) is 13.6. The highest BCUT2D eigenvalue weighted by Gasteiger charge is 2.29. The summed E-state index contributed by atoms with van der Waals surface area (Å²) >= 11 is 6.26. The molecule has 1 aliphatic carbocycles. The number of hydrogen-bond donors (Lipinski definition) is 2. The third-order valence-corrected chi connectivity index (χ3v) is 4.92. The number of nitrogens with zero attached hydrogens (tertiary/aromatic N) is 2. The Hall–Kier alpha value is -1.07. The molecule has 2 unspecified atom stereocenters. The molecule has 2 atom stereocenters. The molecule has 0 radical (unpaired) electrons. The van der Waals surface area contributed by atoms with E-state index in [4.69, 9.17) is 11.6 Å². The standard InChI is InChI=1S/C16H26ClN3O2/c1-10(2)14-13(15(17)20(3)19-14)16(22)18-12-8-6-4-5-7-11(12)9-21/h10-12,21H,4-9H2,1-3H3,(H,18,22). The number of nitrogens with one attached hydrogen (secondary N) is 1. The Bertz CT molecular complexity index is 528. The van der Waals surface area contributed by atoms with Crippen LogP contribution in [0.25, 0.3) is 0 Å². The van der Waals surface area contributed by atoms with Crippen molar-refractivity contribution in [2.45, 2.75) is 57.9 Å². The van der Waals surface area contributed by atoms with Crippen molar-refractivity contribution < 1.29 is 9.90 Å². The average molecular weight is 328 g/mol. The number of halogens is 1. The first-order chi connectivity index (χ1) is 10.5. The fraction of sp³-hybridized carbons (Fsp3) is 0.750. The molecule has 1 heterocycles. The summed E-state index contributed by atoms with van der Waals surface area (Å²) in [5.41, 5.74) is 1.19. The van der Waals surface area contributed by atoms with E-state index in [1.165, 1.54) is 0 Å². The van der Waals surface area contributed by atoms with Crippen LogP contribution in [0, 0.1) is 5.92 Å². The van der Waals surface area contributed by atoms with Crippen LogP contribution >= 0.6 is 11.6 Å². The molecule has 1 fully saturated rings. The molecule has 0 aliphatic heterocycles. The lowest BCUT2D eigenvalue weighted by Crippen LogP contribution is -2.41. The van der Waals surface area contributed by atoms with Gasteiger partial charge in [-0.1, -0.05) is 44.7 Å². The van der Waals surface area contributed by atoms with Gasteiger partial charge >= 0.3 is 0 Å². The van der Waals surface area contributed by atoms with E-state index in [9.17, 15) is 9.90 Å². The van der Waals surface area contributed by atoms with Crippen molar-refractivity contribution in [3.05, 3.63) is 16.4 Å². The summed E-state index contributed by atoms with van der Waals surface area (Å²) in [6.45, 7) is 4.11. The van der Waals surface area contributed by atoms with Crippen molar-refractivity contribution in [3.8, 4) is 0 Å². The van der Waals surface area contributed by atoms with E-state index in [1.54, 1.807) is 11.7 Å². The normalized spacial score (nSPS) is 22.6. The molecule has 124 valence electrons. The molecule has 1 saturated carbocycles. The summed E-state index contributed by atoms with van der Waals surface area (Å²) in [5.74, 6) is 0.0822. The van der Waals surface area contributed by atoms with E-state index in [0.717, 1.165) is 37.8 Å². The van der Waals surface area contributed by atoms with Crippen LogP contribution in [0.15, 0.2) is 0 Å². The van der Waals surface area contributed by atoms with Crippen LogP contribution in [0.4, 0.5) is 0 Å². The fourth-order valence-corrected chi connectivity index (χ4v) is 3.39. The number of rotatable bonds is 4. The predicted octanol–water partition coefficient (Wildman–Crippen LogP) is 2.87. The van der Waals surface area contributed by atoms with Gasteiger partial charge in [0.25, 0.3) is 5.91 Å². The maximum Gasteiger partial charge on any atom is 0.256 e. The first-order valence-corrected chi connectivity index (χ1v) is 8.47. The van der Waals surface area contributed by atoms with E-state index in [0.29, 0.717) is 10.7 Å². The molecular weight excluding hydrogens is 302 g/mol. The summed E-state index contributed by atoms with van der Waals surface area (Å²) < 4.78 is 1.54. The van der Waals surface area contributed by atoms with Crippen LogP contribution in [-0.4, -0.2) is 33.4 Å². The highest BCUT2D eigenvalue weighted by atomic mass is 35.5. The minimum absolute atomic E-state index is 0.0104. The third kappa shape index (κ3) is 3.63. The van der Waals surface area contributed by atoms with Crippen molar-refractivity contribution in [2.75, 3.05) is 6.61 Å². The van der Waals surface area contributed by atoms with Crippen molar-refractivity contribution in [3.63, 3.8) is 0 Å². The van der Waals surface area contributed by atoms with Crippen LogP contribution in [0.1, 0.15) is 67.9 Å². The van der Waals surface area contributed by atoms with Gasteiger partial charge in [-0.3, -0.25) is 9.48 Å². The van der Waals surface area contributed by atoms with E-state index in [1.807, 2.05) is 13.8 Å². The quantitative estimate of drug-likeness (QED) is 0.836. The van der Waals surface area contributed by atoms with E-state index in [2.05, 4.69) is 10.4 Å². The Morgan fingerprint density at radius 1 is 1.41 bits per heavy atom. The highest BCUT2D eigenvalue weighted by Crippen LogP contribution is 2.27. The molecule has 2 N–H and O–H groups in total. The topological polar surface area (TPSA) is 67.2 Å². The zero-order chi connectivity index (χ0) is 16.3. The van der Waals surface area contributed by atoms with E-state index in [-0.39, 0.29) is 30.4 Å². The molecule has 1 aliphatic rings. The molecule has 0 spiro atoms. The summed E-state index contributed by atoms with van der Waals surface area (Å²) in [6.07, 6.45) is 5.22. The zero-order valence-corrected chi connectivity index (χ0v) is 14.4. The number of aromatic nitrogens is 2. The van der Waals surface area contributed by atoms with Crippen LogP contribution in [0.5, 0.6) is 0 Å². The minimum atomic E-state index is -0.174. The Balaban J connectivity index is 2.21. The number of carbonyl (C=O) groups is 1. The number of aliphatic hydroxyl groups is 1. The SMILES string of the molecule is CC(C)c1nn(C)c(Cl)c1C(=O)NC1CCCCCC1CO. The molecule has 0 aromatic carbocycles. The summed E-state index contributed by atoms with van der Waals surface area (Å²) in [7, 11) is 1.74. The number of amides is 1. The smallest absolute Gasteiger partial charge is 0.256 e. The van der Waals surface area contributed by atoms with Crippen molar-refractivity contribution in [1.29, 1.82) is 0 Å². The van der Waals surface area contributed by atoms with Gasteiger partial charge in [0.15, 0.2) is 0 Å². The summed E-state index contributed by atoms with van der Waals surface area (Å²) in [4.78, 5) is 12.7. The Labute approximate surface area is 137 Å². The average Bonchev–Trinajstić information content (AvgIpc) is 2.64. The van der Waals surface area contributed by atoms with Gasteiger partial charge in [0.2, 0.25) is 0 Å². The molecule has 0 saturated heterocycles. The van der Waals surface area contributed by atoms with E-state index < -0.39 is 0 Å². The number of carbonyl (C=O) groups excluding carboxylic acids is 1. The van der Waals surface area contributed by atoms with Crippen molar-refractivity contribution in [2.24, 2.45) is 13.0 Å².